The van der Waals surface area contributed by atoms with Crippen LogP contribution in [0.25, 0.3) is 0 Å². The highest BCUT2D eigenvalue weighted by Gasteiger charge is 2.35. The van der Waals surface area contributed by atoms with Crippen molar-refractivity contribution in [1.29, 1.82) is 0 Å². The number of hydrogen-bond acceptors (Lipinski definition) is 4. The lowest BCUT2D eigenvalue weighted by molar-refractivity contribution is -0.139. The summed E-state index contributed by atoms with van der Waals surface area (Å²) in [6.07, 6.45) is 4.00. The number of rotatable bonds is 7. The quantitative estimate of drug-likeness (QED) is 0.682. The molecule has 1 aliphatic carbocycles. The van der Waals surface area contributed by atoms with E-state index in [0.29, 0.717) is 6.42 Å². The summed E-state index contributed by atoms with van der Waals surface area (Å²) in [5.41, 5.74) is 1.06. The van der Waals surface area contributed by atoms with Crippen LogP contribution in [0.4, 0.5) is 0 Å². The van der Waals surface area contributed by atoms with Crippen LogP contribution in [-0.4, -0.2) is 41.8 Å². The van der Waals surface area contributed by atoms with Gasteiger partial charge < -0.3 is 20.5 Å². The summed E-state index contributed by atoms with van der Waals surface area (Å²) >= 11 is 0. The fourth-order valence-corrected chi connectivity index (χ4v) is 3.75. The first kappa shape index (κ1) is 19.8. The van der Waals surface area contributed by atoms with Gasteiger partial charge in [0.05, 0.1) is 31.2 Å². The number of benzene rings is 1. The molecule has 0 radical (unpaired) electrons. The van der Waals surface area contributed by atoms with Crippen LogP contribution in [0.2, 0.25) is 0 Å². The standard InChI is InChI=1S/C21H30N2O4/c1-14(15-6-3-2-4-7-15)22-20(25)12-17-10-11-18(19(13-24)27-17)23-21(26)16-8-5-9-16/h2-4,6-7,14,16-19,24H,5,8-13H2,1H3,(H,22,25)(H,23,26)/t14-,17-,18+,19-/m1/s1. The number of ether oxygens (including phenoxy) is 1. The van der Waals surface area contributed by atoms with Crippen molar-refractivity contribution in [2.45, 2.75) is 69.7 Å². The van der Waals surface area contributed by atoms with E-state index in [2.05, 4.69) is 10.6 Å². The second-order valence-electron chi connectivity index (χ2n) is 7.70. The van der Waals surface area contributed by atoms with E-state index in [-0.39, 0.29) is 48.9 Å². The Hall–Kier alpha value is -1.92. The molecule has 1 aromatic rings. The average molecular weight is 374 g/mol. The maximum absolute atomic E-state index is 12.4. The largest absolute Gasteiger partial charge is 0.394 e. The van der Waals surface area contributed by atoms with Crippen LogP contribution in [0.5, 0.6) is 0 Å². The third kappa shape index (κ3) is 5.30. The molecule has 0 spiro atoms. The van der Waals surface area contributed by atoms with E-state index in [4.69, 9.17) is 4.74 Å². The zero-order valence-corrected chi connectivity index (χ0v) is 15.9. The van der Waals surface area contributed by atoms with E-state index >= 15 is 0 Å². The molecule has 6 heteroatoms. The smallest absolute Gasteiger partial charge is 0.223 e. The van der Waals surface area contributed by atoms with Crippen molar-refractivity contribution in [3.05, 3.63) is 35.9 Å². The van der Waals surface area contributed by atoms with Gasteiger partial charge in [0.2, 0.25) is 11.8 Å². The summed E-state index contributed by atoms with van der Waals surface area (Å²) in [7, 11) is 0. The molecule has 1 aromatic carbocycles. The molecule has 6 nitrogen and oxygen atoms in total. The first-order chi connectivity index (χ1) is 13.1. The van der Waals surface area contributed by atoms with Crippen molar-refractivity contribution >= 4 is 11.8 Å². The monoisotopic (exact) mass is 374 g/mol. The van der Waals surface area contributed by atoms with Gasteiger partial charge in [-0.3, -0.25) is 9.59 Å². The summed E-state index contributed by atoms with van der Waals surface area (Å²) in [5.74, 6) is 0.124. The minimum Gasteiger partial charge on any atom is -0.394 e. The first-order valence-electron chi connectivity index (χ1n) is 9.97. The van der Waals surface area contributed by atoms with Crippen LogP contribution in [0.15, 0.2) is 30.3 Å². The van der Waals surface area contributed by atoms with Crippen molar-refractivity contribution in [1.82, 2.24) is 10.6 Å². The predicted molar refractivity (Wildman–Crippen MR) is 102 cm³/mol. The number of amides is 2. The summed E-state index contributed by atoms with van der Waals surface area (Å²) in [6.45, 7) is 1.80. The second kappa shape index (κ2) is 9.33. The minimum atomic E-state index is -0.452. The van der Waals surface area contributed by atoms with Crippen molar-refractivity contribution < 1.29 is 19.4 Å². The summed E-state index contributed by atoms with van der Waals surface area (Å²) < 4.78 is 5.91. The molecule has 2 aliphatic rings. The Morgan fingerprint density at radius 3 is 2.56 bits per heavy atom. The van der Waals surface area contributed by atoms with Crippen LogP contribution >= 0.6 is 0 Å². The van der Waals surface area contributed by atoms with E-state index in [1.165, 1.54) is 0 Å². The fourth-order valence-electron chi connectivity index (χ4n) is 3.75. The molecule has 3 rings (SSSR count). The number of carbonyl (C=O) groups excluding carboxylic acids is 2. The minimum absolute atomic E-state index is 0.0644. The predicted octanol–water partition coefficient (Wildman–Crippen LogP) is 2.08. The van der Waals surface area contributed by atoms with Crippen molar-refractivity contribution in [3.8, 4) is 0 Å². The topological polar surface area (TPSA) is 87.7 Å². The van der Waals surface area contributed by atoms with Gasteiger partial charge in [0, 0.05) is 5.92 Å². The van der Waals surface area contributed by atoms with Crippen LogP contribution < -0.4 is 10.6 Å². The first-order valence-corrected chi connectivity index (χ1v) is 9.97. The molecule has 0 bridgehead atoms. The van der Waals surface area contributed by atoms with Gasteiger partial charge in [-0.25, -0.2) is 0 Å². The molecular formula is C21H30N2O4. The normalized spacial score (nSPS) is 26.7. The SMILES string of the molecule is C[C@@H](NC(=O)C[C@H]1CC[C@H](NC(=O)C2CCC2)[C@@H](CO)O1)c1ccccc1. The molecule has 2 fully saturated rings. The zero-order chi connectivity index (χ0) is 19.2. The van der Waals surface area contributed by atoms with Gasteiger partial charge in [-0.2, -0.15) is 0 Å². The molecule has 1 aliphatic heterocycles. The van der Waals surface area contributed by atoms with E-state index in [0.717, 1.165) is 31.2 Å². The highest BCUT2D eigenvalue weighted by molar-refractivity contribution is 5.79. The number of carbonyl (C=O) groups is 2. The molecule has 0 unspecified atom stereocenters. The van der Waals surface area contributed by atoms with Crippen molar-refractivity contribution in [3.63, 3.8) is 0 Å². The second-order valence-corrected chi connectivity index (χ2v) is 7.70. The molecular weight excluding hydrogens is 344 g/mol. The highest BCUT2D eigenvalue weighted by atomic mass is 16.5. The molecule has 4 atom stereocenters. The van der Waals surface area contributed by atoms with Gasteiger partial charge in [0.1, 0.15) is 6.10 Å². The third-order valence-electron chi connectivity index (χ3n) is 5.69. The summed E-state index contributed by atoms with van der Waals surface area (Å²) in [4.78, 5) is 24.5. The Kier molecular flexibility index (Phi) is 6.85. The summed E-state index contributed by atoms with van der Waals surface area (Å²) in [6, 6.07) is 9.58. The van der Waals surface area contributed by atoms with E-state index < -0.39 is 6.10 Å². The molecule has 1 saturated carbocycles. The van der Waals surface area contributed by atoms with E-state index in [1.807, 2.05) is 37.3 Å². The Labute approximate surface area is 160 Å². The van der Waals surface area contributed by atoms with Crippen molar-refractivity contribution in [2.75, 3.05) is 6.61 Å². The molecule has 148 valence electrons. The zero-order valence-electron chi connectivity index (χ0n) is 15.9. The lowest BCUT2D eigenvalue weighted by Gasteiger charge is -2.37. The molecule has 1 saturated heterocycles. The van der Waals surface area contributed by atoms with Crippen LogP contribution in [-0.2, 0) is 14.3 Å². The van der Waals surface area contributed by atoms with Gasteiger partial charge in [-0.05, 0) is 38.2 Å². The van der Waals surface area contributed by atoms with Gasteiger partial charge in [-0.15, -0.1) is 0 Å². The van der Waals surface area contributed by atoms with Crippen LogP contribution in [0.3, 0.4) is 0 Å². The van der Waals surface area contributed by atoms with Crippen LogP contribution in [0, 0.1) is 5.92 Å². The third-order valence-corrected chi connectivity index (χ3v) is 5.69. The average Bonchev–Trinajstić information content (AvgIpc) is 2.62. The van der Waals surface area contributed by atoms with Crippen LogP contribution in [0.1, 0.15) is 57.1 Å². The number of hydrogen-bond donors (Lipinski definition) is 3. The number of aliphatic hydroxyl groups is 1. The number of nitrogens with one attached hydrogen (secondary N) is 2. The molecule has 2 amide bonds. The fraction of sp³-hybridized carbons (Fsp3) is 0.619. The van der Waals surface area contributed by atoms with Gasteiger partial charge >= 0.3 is 0 Å². The molecule has 0 aromatic heterocycles. The van der Waals surface area contributed by atoms with Crippen molar-refractivity contribution in [2.24, 2.45) is 5.92 Å². The van der Waals surface area contributed by atoms with Gasteiger partial charge in [0.15, 0.2) is 0 Å². The Morgan fingerprint density at radius 1 is 1.19 bits per heavy atom. The van der Waals surface area contributed by atoms with E-state index in [1.54, 1.807) is 0 Å². The molecule has 3 N–H and O–H groups in total. The lowest BCUT2D eigenvalue weighted by Crippen LogP contribution is -2.53. The van der Waals surface area contributed by atoms with E-state index in [9.17, 15) is 14.7 Å². The highest BCUT2D eigenvalue weighted by Crippen LogP contribution is 2.28. The van der Waals surface area contributed by atoms with Gasteiger partial charge in [0.25, 0.3) is 0 Å². The molecule has 1 heterocycles. The Morgan fingerprint density at radius 2 is 1.93 bits per heavy atom. The lowest BCUT2D eigenvalue weighted by atomic mass is 9.84. The Balaban J connectivity index is 1.46. The summed E-state index contributed by atoms with van der Waals surface area (Å²) in [5, 5.41) is 15.7. The van der Waals surface area contributed by atoms with Gasteiger partial charge in [-0.1, -0.05) is 36.8 Å². The number of aliphatic hydroxyl groups excluding tert-OH is 1. The molecule has 27 heavy (non-hydrogen) atoms. The Bertz CT molecular complexity index is 632. The maximum Gasteiger partial charge on any atom is 0.223 e. The maximum atomic E-state index is 12.4.